The van der Waals surface area contributed by atoms with Gasteiger partial charge in [-0.3, -0.25) is 10.1 Å². The van der Waals surface area contributed by atoms with Gasteiger partial charge < -0.3 is 9.84 Å². The minimum absolute atomic E-state index is 0.0203. The molecule has 1 N–H and O–H groups in total. The number of nitro groups is 1. The number of hydrogen-bond donors (Lipinski definition) is 1. The van der Waals surface area contributed by atoms with Crippen molar-refractivity contribution < 1.29 is 9.45 Å². The van der Waals surface area contributed by atoms with Gasteiger partial charge in [0.25, 0.3) is 11.6 Å². The first-order valence-corrected chi connectivity index (χ1v) is 6.95. The molecule has 0 radical (unpaired) electrons. The Labute approximate surface area is 122 Å². The second-order valence-corrected chi connectivity index (χ2v) is 5.48. The van der Waals surface area contributed by atoms with Crippen LogP contribution in [-0.2, 0) is 0 Å². The summed E-state index contributed by atoms with van der Waals surface area (Å²) in [6.07, 6.45) is 2.05. The van der Waals surface area contributed by atoms with Crippen molar-refractivity contribution in [3.8, 4) is 11.5 Å². The molecule has 0 spiro atoms. The maximum absolute atomic E-state index is 10.9. The van der Waals surface area contributed by atoms with E-state index in [1.54, 1.807) is 6.07 Å². The van der Waals surface area contributed by atoms with Crippen LogP contribution in [0.2, 0.25) is 0 Å². The molecule has 104 valence electrons. The summed E-state index contributed by atoms with van der Waals surface area (Å²) >= 11 is 3.25. The number of benzene rings is 1. The van der Waals surface area contributed by atoms with E-state index in [1.807, 2.05) is 0 Å². The van der Waals surface area contributed by atoms with Crippen molar-refractivity contribution in [3.63, 3.8) is 0 Å². The van der Waals surface area contributed by atoms with Gasteiger partial charge in [-0.2, -0.15) is 4.98 Å². The summed E-state index contributed by atoms with van der Waals surface area (Å²) < 4.78 is 5.81. The highest BCUT2D eigenvalue weighted by molar-refractivity contribution is 9.10. The molecule has 0 saturated carbocycles. The van der Waals surface area contributed by atoms with E-state index in [2.05, 4.69) is 31.4 Å². The molecule has 1 aliphatic heterocycles. The fourth-order valence-corrected chi connectivity index (χ4v) is 2.68. The summed E-state index contributed by atoms with van der Waals surface area (Å²) in [5, 5.41) is 18.1. The lowest BCUT2D eigenvalue weighted by Crippen LogP contribution is -2.14. The third-order valence-electron chi connectivity index (χ3n) is 3.15. The van der Waals surface area contributed by atoms with Crippen molar-refractivity contribution in [2.24, 2.45) is 0 Å². The molecule has 8 heteroatoms. The first kappa shape index (κ1) is 13.2. The van der Waals surface area contributed by atoms with Gasteiger partial charge in [0.1, 0.15) is 0 Å². The van der Waals surface area contributed by atoms with Crippen LogP contribution in [0.5, 0.6) is 0 Å². The summed E-state index contributed by atoms with van der Waals surface area (Å²) in [6, 6.07) is 4.67. The highest BCUT2D eigenvalue weighted by atomic mass is 79.9. The number of nitrogens with one attached hydrogen (secondary N) is 1. The average molecular weight is 339 g/mol. The van der Waals surface area contributed by atoms with Crippen molar-refractivity contribution in [1.29, 1.82) is 0 Å². The van der Waals surface area contributed by atoms with Gasteiger partial charge in [-0.1, -0.05) is 21.1 Å². The summed E-state index contributed by atoms with van der Waals surface area (Å²) in [5.41, 5.74) is 0.510. The van der Waals surface area contributed by atoms with Gasteiger partial charge in [-0.25, -0.2) is 0 Å². The first-order valence-electron chi connectivity index (χ1n) is 6.16. The Kier molecular flexibility index (Phi) is 3.49. The maximum Gasteiger partial charge on any atom is 0.271 e. The number of non-ortho nitro benzene ring substituents is 1. The van der Waals surface area contributed by atoms with Crippen LogP contribution < -0.4 is 5.32 Å². The Balaban J connectivity index is 1.94. The van der Waals surface area contributed by atoms with Crippen LogP contribution in [0.25, 0.3) is 11.5 Å². The Hall–Kier alpha value is -1.80. The number of aromatic nitrogens is 2. The quantitative estimate of drug-likeness (QED) is 0.683. The second kappa shape index (κ2) is 5.29. The zero-order chi connectivity index (χ0) is 14.1. The van der Waals surface area contributed by atoms with Crippen LogP contribution >= 0.6 is 15.9 Å². The standard InChI is InChI=1S/C12H11BrN4O3/c13-8-4-7(5-9(6-8)17(18)19)12-15-11(16-20-12)10-2-1-3-14-10/h4-6,10,14H,1-3H2. The molecule has 1 unspecified atom stereocenters. The molecule has 0 bridgehead atoms. The summed E-state index contributed by atoms with van der Waals surface area (Å²) in [4.78, 5) is 14.7. The first-order chi connectivity index (χ1) is 9.63. The van der Waals surface area contributed by atoms with Crippen LogP contribution in [0.4, 0.5) is 5.69 Å². The van der Waals surface area contributed by atoms with Crippen LogP contribution in [0, 0.1) is 10.1 Å². The third-order valence-corrected chi connectivity index (χ3v) is 3.61. The molecule has 1 aromatic carbocycles. The van der Waals surface area contributed by atoms with E-state index < -0.39 is 4.92 Å². The fourth-order valence-electron chi connectivity index (χ4n) is 2.20. The predicted octanol–water partition coefficient (Wildman–Crippen LogP) is 2.83. The zero-order valence-corrected chi connectivity index (χ0v) is 12.0. The lowest BCUT2D eigenvalue weighted by atomic mass is 10.2. The predicted molar refractivity (Wildman–Crippen MR) is 74.1 cm³/mol. The number of nitro benzene ring substituents is 1. The van der Waals surface area contributed by atoms with Gasteiger partial charge in [0.05, 0.1) is 11.0 Å². The summed E-state index contributed by atoms with van der Waals surface area (Å²) in [5.74, 6) is 0.887. The SMILES string of the molecule is O=[N+]([O-])c1cc(Br)cc(-c2nc(C3CCCN3)no2)c1. The Morgan fingerprint density at radius 2 is 2.30 bits per heavy atom. The Morgan fingerprint density at radius 1 is 1.45 bits per heavy atom. The molecular formula is C12H11BrN4O3. The highest BCUT2D eigenvalue weighted by Gasteiger charge is 2.22. The third kappa shape index (κ3) is 2.56. The highest BCUT2D eigenvalue weighted by Crippen LogP contribution is 2.29. The maximum atomic E-state index is 10.9. The van der Waals surface area contributed by atoms with Crippen LogP contribution in [0.3, 0.4) is 0 Å². The Bertz CT molecular complexity index is 652. The normalized spacial score (nSPS) is 18.4. The summed E-state index contributed by atoms with van der Waals surface area (Å²) in [6.45, 7) is 0.941. The Morgan fingerprint density at radius 3 is 3.00 bits per heavy atom. The van der Waals surface area contributed by atoms with Crippen LogP contribution in [-0.4, -0.2) is 21.6 Å². The molecule has 0 amide bonds. The van der Waals surface area contributed by atoms with Crippen molar-refractivity contribution >= 4 is 21.6 Å². The minimum atomic E-state index is -0.454. The number of hydrogen-bond acceptors (Lipinski definition) is 6. The second-order valence-electron chi connectivity index (χ2n) is 4.56. The fraction of sp³-hybridized carbons (Fsp3) is 0.333. The van der Waals surface area contributed by atoms with E-state index in [0.717, 1.165) is 19.4 Å². The van der Waals surface area contributed by atoms with Crippen molar-refractivity contribution in [2.45, 2.75) is 18.9 Å². The van der Waals surface area contributed by atoms with E-state index in [0.29, 0.717) is 15.9 Å². The van der Waals surface area contributed by atoms with E-state index in [-0.39, 0.29) is 17.6 Å². The molecule has 1 aromatic heterocycles. The molecule has 7 nitrogen and oxygen atoms in total. The zero-order valence-electron chi connectivity index (χ0n) is 10.4. The molecule has 1 saturated heterocycles. The minimum Gasteiger partial charge on any atom is -0.334 e. The molecule has 1 fully saturated rings. The smallest absolute Gasteiger partial charge is 0.271 e. The molecule has 2 heterocycles. The molecule has 20 heavy (non-hydrogen) atoms. The van der Waals surface area contributed by atoms with Crippen molar-refractivity contribution in [1.82, 2.24) is 15.5 Å². The molecule has 3 rings (SSSR count). The van der Waals surface area contributed by atoms with Crippen molar-refractivity contribution in [2.75, 3.05) is 6.54 Å². The largest absolute Gasteiger partial charge is 0.334 e. The molecule has 2 aromatic rings. The van der Waals surface area contributed by atoms with E-state index in [4.69, 9.17) is 4.52 Å². The van der Waals surface area contributed by atoms with Gasteiger partial charge >= 0.3 is 0 Å². The molecular weight excluding hydrogens is 328 g/mol. The van der Waals surface area contributed by atoms with Gasteiger partial charge in [-0.05, 0) is 25.5 Å². The van der Waals surface area contributed by atoms with E-state index >= 15 is 0 Å². The number of halogens is 1. The molecule has 1 aliphatic rings. The number of rotatable bonds is 3. The lowest BCUT2D eigenvalue weighted by Gasteiger charge is -2.01. The van der Waals surface area contributed by atoms with Crippen molar-refractivity contribution in [3.05, 3.63) is 38.6 Å². The van der Waals surface area contributed by atoms with Gasteiger partial charge in [-0.15, -0.1) is 0 Å². The van der Waals surface area contributed by atoms with Gasteiger partial charge in [0.2, 0.25) is 0 Å². The van der Waals surface area contributed by atoms with Crippen LogP contribution in [0.1, 0.15) is 24.7 Å². The summed E-state index contributed by atoms with van der Waals surface area (Å²) in [7, 11) is 0. The van der Waals surface area contributed by atoms with Crippen LogP contribution in [0.15, 0.2) is 27.2 Å². The average Bonchev–Trinajstić information content (AvgIpc) is 3.09. The van der Waals surface area contributed by atoms with Gasteiger partial charge in [0, 0.05) is 22.2 Å². The molecule has 1 atom stereocenters. The van der Waals surface area contributed by atoms with E-state index in [1.165, 1.54) is 12.1 Å². The number of nitrogens with zero attached hydrogens (tertiary/aromatic N) is 3. The monoisotopic (exact) mass is 338 g/mol. The van der Waals surface area contributed by atoms with E-state index in [9.17, 15) is 10.1 Å². The van der Waals surface area contributed by atoms with Gasteiger partial charge in [0.15, 0.2) is 5.82 Å². The topological polar surface area (TPSA) is 94.1 Å². The lowest BCUT2D eigenvalue weighted by molar-refractivity contribution is -0.384. The molecule has 0 aliphatic carbocycles.